The smallest absolute Gasteiger partial charge is 0.223 e. The summed E-state index contributed by atoms with van der Waals surface area (Å²) in [6.07, 6.45) is 4.88. The molecule has 0 aromatic heterocycles. The highest BCUT2D eigenvalue weighted by Gasteiger charge is 2.38. The minimum atomic E-state index is -0.173. The number of nitrogens with zero attached hydrogens (tertiary/aromatic N) is 1. The van der Waals surface area contributed by atoms with Crippen LogP contribution in [-0.2, 0) is 4.79 Å². The highest BCUT2D eigenvalue weighted by molar-refractivity contribution is 5.77. The number of likely N-dealkylation sites (tertiary alicyclic amines) is 1. The molecule has 3 nitrogen and oxygen atoms in total. The second-order valence-electron chi connectivity index (χ2n) is 6.23. The van der Waals surface area contributed by atoms with Crippen molar-refractivity contribution in [3.8, 4) is 0 Å². The van der Waals surface area contributed by atoms with Gasteiger partial charge in [0, 0.05) is 19.0 Å². The summed E-state index contributed by atoms with van der Waals surface area (Å²) in [5, 5.41) is 0. The third-order valence-electron chi connectivity index (χ3n) is 3.97. The molecule has 1 heterocycles. The second kappa shape index (κ2) is 5.85. The molecule has 0 bridgehead atoms. The number of rotatable bonds is 4. The summed E-state index contributed by atoms with van der Waals surface area (Å²) in [5.74, 6) is 0.963. The van der Waals surface area contributed by atoms with E-state index in [4.69, 9.17) is 5.73 Å². The van der Waals surface area contributed by atoms with Gasteiger partial charge in [0.2, 0.25) is 5.91 Å². The quantitative estimate of drug-likeness (QED) is 0.821. The van der Waals surface area contributed by atoms with Gasteiger partial charge in [-0.05, 0) is 39.0 Å². The fraction of sp³-hybridized carbons (Fsp3) is 0.929. The van der Waals surface area contributed by atoms with Crippen molar-refractivity contribution in [3.05, 3.63) is 0 Å². The average molecular weight is 240 g/mol. The molecule has 2 N–H and O–H groups in total. The zero-order valence-corrected chi connectivity index (χ0v) is 11.8. The van der Waals surface area contributed by atoms with E-state index < -0.39 is 0 Å². The van der Waals surface area contributed by atoms with E-state index in [9.17, 15) is 4.79 Å². The van der Waals surface area contributed by atoms with Gasteiger partial charge in [-0.2, -0.15) is 0 Å². The van der Waals surface area contributed by atoms with Crippen LogP contribution in [0, 0.1) is 5.92 Å². The van der Waals surface area contributed by atoms with Gasteiger partial charge in [-0.15, -0.1) is 0 Å². The van der Waals surface area contributed by atoms with Gasteiger partial charge in [-0.25, -0.2) is 0 Å². The summed E-state index contributed by atoms with van der Waals surface area (Å²) in [7, 11) is 0. The molecule has 1 atom stereocenters. The lowest BCUT2D eigenvalue weighted by molar-refractivity contribution is -0.139. The van der Waals surface area contributed by atoms with Crippen LogP contribution in [0.3, 0.4) is 0 Å². The standard InChI is InChI=1S/C14H28N2O/c1-11(2)7-5-9-13(17)16-10-6-8-12(15)14(16,3)4/h11-12H,5-10,15H2,1-4H3. The molecule has 0 saturated carbocycles. The Morgan fingerprint density at radius 2 is 2.12 bits per heavy atom. The van der Waals surface area contributed by atoms with E-state index >= 15 is 0 Å². The SMILES string of the molecule is CC(C)CCCC(=O)N1CCCC(N)C1(C)C. The van der Waals surface area contributed by atoms with Crippen LogP contribution in [0.2, 0.25) is 0 Å². The lowest BCUT2D eigenvalue weighted by Gasteiger charge is -2.46. The lowest BCUT2D eigenvalue weighted by Crippen LogP contribution is -2.61. The Hall–Kier alpha value is -0.570. The van der Waals surface area contributed by atoms with Gasteiger partial charge in [0.15, 0.2) is 0 Å². The molecule has 1 rings (SSSR count). The normalized spacial score (nSPS) is 24.1. The number of piperidine rings is 1. The lowest BCUT2D eigenvalue weighted by atomic mass is 9.85. The molecule has 1 amide bonds. The first-order chi connectivity index (χ1) is 7.85. The Labute approximate surface area is 106 Å². The van der Waals surface area contributed by atoms with Crippen molar-refractivity contribution in [2.24, 2.45) is 11.7 Å². The molecule has 1 aliphatic rings. The van der Waals surface area contributed by atoms with E-state index in [-0.39, 0.29) is 17.5 Å². The summed E-state index contributed by atoms with van der Waals surface area (Å²) in [6.45, 7) is 9.46. The molecule has 0 spiro atoms. The predicted octanol–water partition coefficient (Wildman–Crippen LogP) is 2.54. The van der Waals surface area contributed by atoms with Crippen LogP contribution in [0.5, 0.6) is 0 Å². The molecule has 0 radical (unpaired) electrons. The molecular weight excluding hydrogens is 212 g/mol. The Balaban J connectivity index is 2.50. The Kier molecular flexibility index (Phi) is 4.99. The third-order valence-corrected chi connectivity index (χ3v) is 3.97. The molecule has 1 unspecified atom stereocenters. The predicted molar refractivity (Wildman–Crippen MR) is 71.7 cm³/mol. The maximum Gasteiger partial charge on any atom is 0.223 e. The van der Waals surface area contributed by atoms with Gasteiger partial charge in [-0.1, -0.05) is 20.3 Å². The topological polar surface area (TPSA) is 46.3 Å². The Bertz CT molecular complexity index is 261. The fourth-order valence-electron chi connectivity index (χ4n) is 2.55. The minimum absolute atomic E-state index is 0.116. The largest absolute Gasteiger partial charge is 0.336 e. The summed E-state index contributed by atoms with van der Waals surface area (Å²) in [5.41, 5.74) is 5.95. The number of hydrogen-bond donors (Lipinski definition) is 1. The first-order valence-corrected chi connectivity index (χ1v) is 6.91. The van der Waals surface area contributed by atoms with Crippen molar-refractivity contribution in [2.75, 3.05) is 6.54 Å². The van der Waals surface area contributed by atoms with Crippen molar-refractivity contribution in [1.29, 1.82) is 0 Å². The van der Waals surface area contributed by atoms with E-state index in [0.29, 0.717) is 12.3 Å². The van der Waals surface area contributed by atoms with Gasteiger partial charge in [0.25, 0.3) is 0 Å². The summed E-state index contributed by atoms with van der Waals surface area (Å²) < 4.78 is 0. The fourth-order valence-corrected chi connectivity index (χ4v) is 2.55. The van der Waals surface area contributed by atoms with E-state index in [2.05, 4.69) is 27.7 Å². The van der Waals surface area contributed by atoms with Crippen LogP contribution in [0.15, 0.2) is 0 Å². The molecule has 1 aliphatic heterocycles. The van der Waals surface area contributed by atoms with E-state index in [1.165, 1.54) is 0 Å². The zero-order valence-electron chi connectivity index (χ0n) is 11.8. The second-order valence-corrected chi connectivity index (χ2v) is 6.23. The number of nitrogens with two attached hydrogens (primary N) is 1. The molecular formula is C14H28N2O. The van der Waals surface area contributed by atoms with Crippen LogP contribution in [0.1, 0.15) is 59.8 Å². The first kappa shape index (κ1) is 14.5. The van der Waals surface area contributed by atoms with Gasteiger partial charge in [0.05, 0.1) is 5.54 Å². The maximum absolute atomic E-state index is 12.2. The van der Waals surface area contributed by atoms with E-state index in [1.54, 1.807) is 0 Å². The molecule has 0 aromatic rings. The van der Waals surface area contributed by atoms with E-state index in [0.717, 1.165) is 32.2 Å². The van der Waals surface area contributed by atoms with Crippen LogP contribution in [0.4, 0.5) is 0 Å². The maximum atomic E-state index is 12.2. The molecule has 17 heavy (non-hydrogen) atoms. The molecule has 3 heteroatoms. The number of amides is 1. The summed E-state index contributed by atoms with van der Waals surface area (Å²) in [4.78, 5) is 14.2. The van der Waals surface area contributed by atoms with Crippen LogP contribution >= 0.6 is 0 Å². The average Bonchev–Trinajstić information content (AvgIpc) is 2.21. The highest BCUT2D eigenvalue weighted by atomic mass is 16.2. The van der Waals surface area contributed by atoms with Gasteiger partial charge >= 0.3 is 0 Å². The molecule has 0 aromatic carbocycles. The zero-order chi connectivity index (χ0) is 13.1. The molecule has 0 aliphatic carbocycles. The third kappa shape index (κ3) is 3.70. The van der Waals surface area contributed by atoms with Crippen LogP contribution in [0.25, 0.3) is 0 Å². The molecule has 100 valence electrons. The van der Waals surface area contributed by atoms with Crippen molar-refractivity contribution in [2.45, 2.75) is 71.4 Å². The number of hydrogen-bond acceptors (Lipinski definition) is 2. The van der Waals surface area contributed by atoms with Crippen molar-refractivity contribution in [3.63, 3.8) is 0 Å². The van der Waals surface area contributed by atoms with E-state index in [1.807, 2.05) is 4.90 Å². The molecule has 1 saturated heterocycles. The minimum Gasteiger partial charge on any atom is -0.336 e. The van der Waals surface area contributed by atoms with Crippen molar-refractivity contribution in [1.82, 2.24) is 4.90 Å². The summed E-state index contributed by atoms with van der Waals surface area (Å²) >= 11 is 0. The van der Waals surface area contributed by atoms with Crippen molar-refractivity contribution < 1.29 is 4.79 Å². The number of carbonyl (C=O) groups is 1. The summed E-state index contributed by atoms with van der Waals surface area (Å²) in [6, 6.07) is 0.116. The molecule has 1 fully saturated rings. The Morgan fingerprint density at radius 3 is 2.71 bits per heavy atom. The Morgan fingerprint density at radius 1 is 1.47 bits per heavy atom. The first-order valence-electron chi connectivity index (χ1n) is 6.91. The van der Waals surface area contributed by atoms with Crippen LogP contribution < -0.4 is 5.73 Å². The van der Waals surface area contributed by atoms with Gasteiger partial charge in [0.1, 0.15) is 0 Å². The monoisotopic (exact) mass is 240 g/mol. The van der Waals surface area contributed by atoms with Crippen LogP contribution in [-0.4, -0.2) is 28.9 Å². The van der Waals surface area contributed by atoms with Gasteiger partial charge in [-0.3, -0.25) is 4.79 Å². The van der Waals surface area contributed by atoms with Crippen molar-refractivity contribution >= 4 is 5.91 Å². The highest BCUT2D eigenvalue weighted by Crippen LogP contribution is 2.27. The number of carbonyl (C=O) groups excluding carboxylic acids is 1. The van der Waals surface area contributed by atoms with Gasteiger partial charge < -0.3 is 10.6 Å².